The summed E-state index contributed by atoms with van der Waals surface area (Å²) < 4.78 is 11.0. The fraction of sp³-hybridized carbons (Fsp3) is 0.438. The van der Waals surface area contributed by atoms with E-state index in [2.05, 4.69) is 32.3 Å². The molecule has 0 aliphatic carbocycles. The number of aliphatic hydroxyl groups excluding tert-OH is 1. The Morgan fingerprint density at radius 3 is 1.67 bits per heavy atom. The lowest BCUT2D eigenvalue weighted by atomic mass is 10.1. The van der Waals surface area contributed by atoms with Crippen molar-refractivity contribution in [3.05, 3.63) is 70.8 Å². The van der Waals surface area contributed by atoms with Gasteiger partial charge in [-0.05, 0) is 42.8 Å². The summed E-state index contributed by atoms with van der Waals surface area (Å²) in [5, 5.41) is 37.6. The standard InChI is InChI=1S/C32H42N6O5/c1-4-5-6-7-8-9-10-11-20-37(21-22-39)27-16-12-25(13-17-27)33-35-29-23-32(43-3)30(24-31(29)42-2)36-34-26-14-18-28(19-15-26)38(40)41/h12-19,23-24,39H,4-11,20-22H2,1-3H3/b35-33+,36-34+. The molecule has 0 spiro atoms. The number of rotatable bonds is 19. The molecule has 0 bridgehead atoms. The van der Waals surface area contributed by atoms with Gasteiger partial charge in [-0.2, -0.15) is 10.2 Å². The minimum Gasteiger partial charge on any atom is -0.494 e. The van der Waals surface area contributed by atoms with Crippen molar-refractivity contribution < 1.29 is 19.5 Å². The van der Waals surface area contributed by atoms with Crippen LogP contribution in [0.15, 0.2) is 81.1 Å². The largest absolute Gasteiger partial charge is 0.494 e. The molecule has 43 heavy (non-hydrogen) atoms. The molecular formula is C32H42N6O5. The molecule has 0 amide bonds. The van der Waals surface area contributed by atoms with Crippen molar-refractivity contribution in [1.82, 2.24) is 0 Å². The lowest BCUT2D eigenvalue weighted by Gasteiger charge is -2.24. The van der Waals surface area contributed by atoms with Gasteiger partial charge in [0.05, 0.1) is 37.1 Å². The second kappa shape index (κ2) is 18.2. The fourth-order valence-electron chi connectivity index (χ4n) is 4.54. The maximum atomic E-state index is 10.9. The van der Waals surface area contributed by atoms with Gasteiger partial charge >= 0.3 is 0 Å². The molecule has 3 aromatic rings. The summed E-state index contributed by atoms with van der Waals surface area (Å²) in [7, 11) is 3.03. The van der Waals surface area contributed by atoms with Gasteiger partial charge in [-0.1, -0.05) is 51.9 Å². The molecule has 0 unspecified atom stereocenters. The topological polar surface area (TPSA) is 135 Å². The Bertz CT molecular complexity index is 1330. The second-order valence-electron chi connectivity index (χ2n) is 10.1. The fourth-order valence-corrected chi connectivity index (χ4v) is 4.54. The zero-order chi connectivity index (χ0) is 30.9. The molecule has 1 N–H and O–H groups in total. The first-order valence-corrected chi connectivity index (χ1v) is 14.8. The van der Waals surface area contributed by atoms with Crippen molar-refractivity contribution in [2.24, 2.45) is 20.5 Å². The van der Waals surface area contributed by atoms with Crippen molar-refractivity contribution in [3.63, 3.8) is 0 Å². The number of anilines is 1. The quantitative estimate of drug-likeness (QED) is 0.0639. The summed E-state index contributed by atoms with van der Waals surface area (Å²) >= 11 is 0. The molecule has 0 atom stereocenters. The smallest absolute Gasteiger partial charge is 0.269 e. The van der Waals surface area contributed by atoms with Gasteiger partial charge in [0.15, 0.2) is 0 Å². The Morgan fingerprint density at radius 1 is 0.721 bits per heavy atom. The van der Waals surface area contributed by atoms with E-state index in [0.717, 1.165) is 18.7 Å². The van der Waals surface area contributed by atoms with Gasteiger partial charge in [0.2, 0.25) is 0 Å². The molecule has 11 nitrogen and oxygen atoms in total. The molecule has 0 heterocycles. The lowest BCUT2D eigenvalue weighted by molar-refractivity contribution is -0.384. The number of hydrogen-bond donors (Lipinski definition) is 1. The monoisotopic (exact) mass is 590 g/mol. The lowest BCUT2D eigenvalue weighted by Crippen LogP contribution is -2.27. The summed E-state index contributed by atoms with van der Waals surface area (Å²) in [5.41, 5.74) is 2.99. The third kappa shape index (κ3) is 10.8. The molecule has 0 radical (unpaired) electrons. The van der Waals surface area contributed by atoms with Gasteiger partial charge in [0.25, 0.3) is 5.69 Å². The molecule has 0 aliphatic heterocycles. The first kappa shape index (κ1) is 33.1. The molecule has 0 aromatic heterocycles. The van der Waals surface area contributed by atoms with Crippen molar-refractivity contribution in [3.8, 4) is 11.5 Å². The Balaban J connectivity index is 1.65. The molecule has 3 rings (SSSR count). The van der Waals surface area contributed by atoms with E-state index >= 15 is 0 Å². The average Bonchev–Trinajstić information content (AvgIpc) is 3.03. The van der Waals surface area contributed by atoms with Crippen molar-refractivity contribution >= 4 is 34.1 Å². The molecular weight excluding hydrogens is 548 g/mol. The maximum Gasteiger partial charge on any atom is 0.269 e. The number of nitrogens with zero attached hydrogens (tertiary/aromatic N) is 6. The van der Waals surface area contributed by atoms with Crippen LogP contribution in [0.4, 0.5) is 34.1 Å². The number of aliphatic hydroxyl groups is 1. The van der Waals surface area contributed by atoms with Crippen LogP contribution in [-0.2, 0) is 0 Å². The van der Waals surface area contributed by atoms with Gasteiger partial charge in [-0.3, -0.25) is 10.1 Å². The number of methoxy groups -OCH3 is 2. The summed E-state index contributed by atoms with van der Waals surface area (Å²) in [6.07, 6.45) is 10.1. The number of non-ortho nitro benzene ring substituents is 1. The summed E-state index contributed by atoms with van der Waals surface area (Å²) in [6.45, 7) is 3.83. The SMILES string of the molecule is CCCCCCCCCCN(CCO)c1ccc(/N=N/c2cc(OC)c(/N=N/c3ccc([N+](=O)[O-])cc3)cc2OC)cc1. The van der Waals surface area contributed by atoms with Crippen LogP contribution >= 0.6 is 0 Å². The number of ether oxygens (including phenoxy) is 2. The van der Waals surface area contributed by atoms with E-state index in [1.54, 1.807) is 12.1 Å². The van der Waals surface area contributed by atoms with E-state index in [4.69, 9.17) is 9.47 Å². The predicted molar refractivity (Wildman–Crippen MR) is 169 cm³/mol. The van der Waals surface area contributed by atoms with Crippen LogP contribution in [0, 0.1) is 10.1 Å². The second-order valence-corrected chi connectivity index (χ2v) is 10.1. The van der Waals surface area contributed by atoms with Crippen LogP contribution in [0.1, 0.15) is 58.3 Å². The molecule has 0 aliphatic rings. The van der Waals surface area contributed by atoms with E-state index in [1.165, 1.54) is 83.4 Å². The van der Waals surface area contributed by atoms with Gasteiger partial charge in [-0.15, -0.1) is 10.2 Å². The third-order valence-electron chi connectivity index (χ3n) is 6.95. The van der Waals surface area contributed by atoms with Crippen molar-refractivity contribution in [2.75, 3.05) is 38.8 Å². The maximum absolute atomic E-state index is 10.9. The number of nitro groups is 1. The third-order valence-corrected chi connectivity index (χ3v) is 6.95. The highest BCUT2D eigenvalue weighted by Gasteiger charge is 2.12. The minimum absolute atomic E-state index is 0.0242. The molecule has 230 valence electrons. The summed E-state index contributed by atoms with van der Waals surface area (Å²) in [4.78, 5) is 12.6. The molecule has 0 saturated carbocycles. The first-order chi connectivity index (χ1) is 21.0. The van der Waals surface area contributed by atoms with E-state index in [1.807, 2.05) is 24.3 Å². The van der Waals surface area contributed by atoms with Crippen LogP contribution in [-0.4, -0.2) is 43.9 Å². The van der Waals surface area contributed by atoms with Gasteiger partial charge in [0.1, 0.15) is 22.9 Å². The Labute approximate surface area is 253 Å². The van der Waals surface area contributed by atoms with E-state index in [-0.39, 0.29) is 12.3 Å². The Kier molecular flexibility index (Phi) is 14.0. The van der Waals surface area contributed by atoms with Crippen molar-refractivity contribution in [1.29, 1.82) is 0 Å². The van der Waals surface area contributed by atoms with E-state index < -0.39 is 4.92 Å². The normalized spacial score (nSPS) is 11.3. The van der Waals surface area contributed by atoms with Crippen molar-refractivity contribution in [2.45, 2.75) is 58.3 Å². The highest BCUT2D eigenvalue weighted by atomic mass is 16.6. The van der Waals surface area contributed by atoms with Crippen LogP contribution in [0.25, 0.3) is 0 Å². The highest BCUT2D eigenvalue weighted by molar-refractivity contribution is 5.66. The van der Waals surface area contributed by atoms with Gasteiger partial charge < -0.3 is 19.5 Å². The Hall–Kier alpha value is -4.38. The zero-order valence-electron chi connectivity index (χ0n) is 25.3. The predicted octanol–water partition coefficient (Wildman–Crippen LogP) is 9.38. The highest BCUT2D eigenvalue weighted by Crippen LogP contribution is 2.41. The number of benzene rings is 3. The molecule has 3 aromatic carbocycles. The molecule has 11 heteroatoms. The average molecular weight is 591 g/mol. The van der Waals surface area contributed by atoms with Crippen LogP contribution in [0.3, 0.4) is 0 Å². The number of hydrogen-bond acceptors (Lipinski definition) is 10. The number of unbranched alkanes of at least 4 members (excludes halogenated alkanes) is 7. The molecule has 0 fully saturated rings. The van der Waals surface area contributed by atoms with Crippen LogP contribution in [0.2, 0.25) is 0 Å². The zero-order valence-corrected chi connectivity index (χ0v) is 25.3. The van der Waals surface area contributed by atoms with E-state index in [9.17, 15) is 15.2 Å². The summed E-state index contributed by atoms with van der Waals surface area (Å²) in [6, 6.07) is 16.8. The van der Waals surface area contributed by atoms with E-state index in [0.29, 0.717) is 40.8 Å². The summed E-state index contributed by atoms with van der Waals surface area (Å²) in [5.74, 6) is 0.842. The van der Waals surface area contributed by atoms with Crippen LogP contribution in [0.5, 0.6) is 11.5 Å². The van der Waals surface area contributed by atoms with Crippen LogP contribution < -0.4 is 14.4 Å². The minimum atomic E-state index is -0.471. The van der Waals surface area contributed by atoms with Gasteiger partial charge in [-0.25, -0.2) is 0 Å². The molecule has 0 saturated heterocycles. The van der Waals surface area contributed by atoms with Gasteiger partial charge in [0, 0.05) is 43.0 Å². The number of azo groups is 2. The number of nitro benzene ring substituents is 1. The Morgan fingerprint density at radius 2 is 1.21 bits per heavy atom. The first-order valence-electron chi connectivity index (χ1n) is 14.8.